The van der Waals surface area contributed by atoms with Crippen LogP contribution in [0.2, 0.25) is 0 Å². The lowest BCUT2D eigenvalue weighted by Crippen LogP contribution is -2.48. The second-order valence-electron chi connectivity index (χ2n) is 5.96. The highest BCUT2D eigenvalue weighted by Crippen LogP contribution is 2.54. The van der Waals surface area contributed by atoms with E-state index in [1.807, 2.05) is 12.2 Å². The molecule has 1 saturated heterocycles. The number of hydrogen-bond donors (Lipinski definition) is 1. The highest BCUT2D eigenvalue weighted by atomic mass is 16.5. The molecule has 1 N–H and O–H groups in total. The van der Waals surface area contributed by atoms with Gasteiger partial charge in [0, 0.05) is 5.92 Å². The summed E-state index contributed by atoms with van der Waals surface area (Å²) in [5, 5.41) is 10.4. The van der Waals surface area contributed by atoms with E-state index in [4.69, 9.17) is 4.74 Å². The van der Waals surface area contributed by atoms with Crippen molar-refractivity contribution in [2.45, 2.75) is 31.8 Å². The molecule has 1 heterocycles. The van der Waals surface area contributed by atoms with Crippen LogP contribution in [0.3, 0.4) is 0 Å². The Kier molecular flexibility index (Phi) is 4.48. The molecule has 20 heavy (non-hydrogen) atoms. The van der Waals surface area contributed by atoms with Gasteiger partial charge in [-0.25, -0.2) is 0 Å². The van der Waals surface area contributed by atoms with E-state index in [2.05, 4.69) is 19.7 Å². The Bertz CT molecular complexity index is 414. The fourth-order valence-electron chi connectivity index (χ4n) is 3.92. The minimum atomic E-state index is -0.638. The first kappa shape index (κ1) is 15.0. The molecule has 2 aliphatic rings. The van der Waals surface area contributed by atoms with Crippen molar-refractivity contribution in [1.29, 1.82) is 0 Å². The number of rotatable bonds is 5. The topological polar surface area (TPSA) is 46.5 Å². The van der Waals surface area contributed by atoms with Crippen LogP contribution in [0.15, 0.2) is 38.0 Å². The van der Waals surface area contributed by atoms with Gasteiger partial charge in [0.1, 0.15) is 0 Å². The molecule has 1 aliphatic carbocycles. The Morgan fingerprint density at radius 1 is 1.35 bits per heavy atom. The second-order valence-corrected chi connectivity index (χ2v) is 5.96. The van der Waals surface area contributed by atoms with Gasteiger partial charge >= 0.3 is 5.97 Å². The molecular formula is C17H24O3. The summed E-state index contributed by atoms with van der Waals surface area (Å²) in [7, 11) is 0. The molecule has 5 atom stereocenters. The highest BCUT2D eigenvalue weighted by molar-refractivity contribution is 5.80. The molecule has 0 aromatic rings. The Morgan fingerprint density at radius 3 is 2.70 bits per heavy atom. The smallest absolute Gasteiger partial charge is 0.313 e. The zero-order valence-electron chi connectivity index (χ0n) is 12.0. The molecule has 110 valence electrons. The number of allylic oxidation sites excluding steroid dienone is 2. The van der Waals surface area contributed by atoms with Gasteiger partial charge in [-0.15, -0.1) is 19.7 Å². The highest BCUT2D eigenvalue weighted by Gasteiger charge is 2.59. The Morgan fingerprint density at radius 2 is 2.10 bits per heavy atom. The average Bonchev–Trinajstić information content (AvgIpc) is 2.77. The van der Waals surface area contributed by atoms with E-state index in [1.165, 1.54) is 0 Å². The van der Waals surface area contributed by atoms with Crippen LogP contribution in [-0.4, -0.2) is 23.8 Å². The SMILES string of the molecule is C=CCC(O)[C@H]1COC(=O)[C@@]12C[C@@H](C=C)CC[C@H]2C=C. The Hall–Kier alpha value is -1.35. The predicted molar refractivity (Wildman–Crippen MR) is 78.9 cm³/mol. The van der Waals surface area contributed by atoms with Crippen molar-refractivity contribution >= 4 is 5.97 Å². The molecule has 0 bridgehead atoms. The standard InChI is InChI=1S/C17H24O3/c1-4-7-15(18)14-11-20-16(19)17(14)10-12(5-2)8-9-13(17)6-3/h4-6,12-15,18H,1-3,7-11H2/t12-,13+,14+,15?,17+/m0/s1. The van der Waals surface area contributed by atoms with Gasteiger partial charge in [-0.1, -0.05) is 18.2 Å². The van der Waals surface area contributed by atoms with Gasteiger partial charge in [-0.05, 0) is 37.5 Å². The summed E-state index contributed by atoms with van der Waals surface area (Å²) in [6.07, 6.45) is 7.97. The average molecular weight is 276 g/mol. The lowest BCUT2D eigenvalue weighted by Gasteiger charge is -2.44. The van der Waals surface area contributed by atoms with Gasteiger partial charge in [-0.2, -0.15) is 0 Å². The molecule has 3 heteroatoms. The van der Waals surface area contributed by atoms with Gasteiger partial charge < -0.3 is 9.84 Å². The molecule has 0 amide bonds. The molecule has 1 aliphatic heterocycles. The normalized spacial score (nSPS) is 38.2. The molecular weight excluding hydrogens is 252 g/mol. The Labute approximate surface area is 121 Å². The number of carbonyl (C=O) groups is 1. The summed E-state index contributed by atoms with van der Waals surface area (Å²) in [6, 6.07) is 0. The van der Waals surface area contributed by atoms with Crippen LogP contribution in [0.4, 0.5) is 0 Å². The maximum absolute atomic E-state index is 12.5. The van der Waals surface area contributed by atoms with E-state index < -0.39 is 11.5 Å². The summed E-state index contributed by atoms with van der Waals surface area (Å²) in [6.45, 7) is 11.7. The molecule has 0 aromatic carbocycles. The summed E-state index contributed by atoms with van der Waals surface area (Å²) in [5.74, 6) is 0.00857. The third-order valence-corrected chi connectivity index (χ3v) is 5.04. The second kappa shape index (κ2) is 5.96. The number of esters is 1. The number of ether oxygens (including phenoxy) is 1. The predicted octanol–water partition coefficient (Wildman–Crippen LogP) is 2.87. The van der Waals surface area contributed by atoms with Crippen molar-refractivity contribution in [3.05, 3.63) is 38.0 Å². The fraction of sp³-hybridized carbons (Fsp3) is 0.588. The third kappa shape index (κ3) is 2.24. The van der Waals surface area contributed by atoms with Crippen LogP contribution < -0.4 is 0 Å². The van der Waals surface area contributed by atoms with Crippen LogP contribution in [0.5, 0.6) is 0 Å². The van der Waals surface area contributed by atoms with E-state index in [-0.39, 0.29) is 17.8 Å². The quantitative estimate of drug-likeness (QED) is 0.620. The number of hydrogen-bond acceptors (Lipinski definition) is 3. The molecule has 2 fully saturated rings. The minimum Gasteiger partial charge on any atom is -0.465 e. The van der Waals surface area contributed by atoms with E-state index in [0.29, 0.717) is 25.4 Å². The summed E-state index contributed by atoms with van der Waals surface area (Å²) in [5.41, 5.74) is -0.638. The van der Waals surface area contributed by atoms with Crippen molar-refractivity contribution in [2.24, 2.45) is 23.2 Å². The lowest BCUT2D eigenvalue weighted by atomic mass is 9.57. The van der Waals surface area contributed by atoms with Gasteiger partial charge in [0.25, 0.3) is 0 Å². The minimum absolute atomic E-state index is 0.0677. The first-order chi connectivity index (χ1) is 9.59. The summed E-state index contributed by atoms with van der Waals surface area (Å²) < 4.78 is 5.34. The number of carbonyl (C=O) groups excluding carboxylic acids is 1. The Balaban J connectivity index is 2.37. The van der Waals surface area contributed by atoms with Crippen LogP contribution in [-0.2, 0) is 9.53 Å². The lowest BCUT2D eigenvalue weighted by molar-refractivity contribution is -0.152. The molecule has 0 aromatic heterocycles. The van der Waals surface area contributed by atoms with E-state index in [9.17, 15) is 9.90 Å². The summed E-state index contributed by atoms with van der Waals surface area (Å²) >= 11 is 0. The van der Waals surface area contributed by atoms with Crippen molar-refractivity contribution < 1.29 is 14.6 Å². The molecule has 1 saturated carbocycles. The molecule has 3 nitrogen and oxygen atoms in total. The van der Waals surface area contributed by atoms with E-state index in [1.54, 1.807) is 6.08 Å². The molecule has 0 radical (unpaired) electrons. The maximum Gasteiger partial charge on any atom is 0.313 e. The zero-order chi connectivity index (χ0) is 14.8. The van der Waals surface area contributed by atoms with Crippen LogP contribution in [0.25, 0.3) is 0 Å². The fourth-order valence-corrected chi connectivity index (χ4v) is 3.92. The van der Waals surface area contributed by atoms with Crippen LogP contribution in [0.1, 0.15) is 25.7 Å². The van der Waals surface area contributed by atoms with Crippen LogP contribution >= 0.6 is 0 Å². The van der Waals surface area contributed by atoms with Crippen molar-refractivity contribution in [3.63, 3.8) is 0 Å². The number of aliphatic hydroxyl groups is 1. The van der Waals surface area contributed by atoms with Gasteiger partial charge in [-0.3, -0.25) is 4.79 Å². The summed E-state index contributed by atoms with van der Waals surface area (Å²) in [4.78, 5) is 12.5. The van der Waals surface area contributed by atoms with Crippen molar-refractivity contribution in [3.8, 4) is 0 Å². The number of cyclic esters (lactones) is 1. The van der Waals surface area contributed by atoms with Crippen molar-refractivity contribution in [2.75, 3.05) is 6.61 Å². The zero-order valence-corrected chi connectivity index (χ0v) is 12.0. The number of aliphatic hydroxyl groups excluding tert-OH is 1. The largest absolute Gasteiger partial charge is 0.465 e. The first-order valence-corrected chi connectivity index (χ1v) is 7.31. The van der Waals surface area contributed by atoms with Gasteiger partial charge in [0.2, 0.25) is 0 Å². The molecule has 2 rings (SSSR count). The van der Waals surface area contributed by atoms with Gasteiger partial charge in [0.05, 0.1) is 18.1 Å². The monoisotopic (exact) mass is 276 g/mol. The maximum atomic E-state index is 12.5. The van der Waals surface area contributed by atoms with Crippen LogP contribution in [0, 0.1) is 23.2 Å². The van der Waals surface area contributed by atoms with Crippen molar-refractivity contribution in [1.82, 2.24) is 0 Å². The molecule has 1 unspecified atom stereocenters. The first-order valence-electron chi connectivity index (χ1n) is 7.31. The van der Waals surface area contributed by atoms with E-state index in [0.717, 1.165) is 12.8 Å². The third-order valence-electron chi connectivity index (χ3n) is 5.04. The van der Waals surface area contributed by atoms with Gasteiger partial charge in [0.15, 0.2) is 0 Å². The molecule has 1 spiro atoms. The van der Waals surface area contributed by atoms with E-state index >= 15 is 0 Å².